The van der Waals surface area contributed by atoms with E-state index in [2.05, 4.69) is 25.1 Å². The van der Waals surface area contributed by atoms with E-state index in [1.807, 2.05) is 24.3 Å². The van der Waals surface area contributed by atoms with E-state index in [0.29, 0.717) is 25.7 Å². The Morgan fingerprint density at radius 2 is 1.60 bits per heavy atom. The van der Waals surface area contributed by atoms with Crippen LogP contribution in [0.3, 0.4) is 0 Å². The van der Waals surface area contributed by atoms with Crippen molar-refractivity contribution in [1.82, 2.24) is 0 Å². The molecular weight excluding hydrogens is 254 g/mol. The summed E-state index contributed by atoms with van der Waals surface area (Å²) in [5, 5.41) is 2.35. The number of benzene rings is 2. The van der Waals surface area contributed by atoms with E-state index in [-0.39, 0.29) is 12.8 Å². The van der Waals surface area contributed by atoms with Gasteiger partial charge in [-0.3, -0.25) is 0 Å². The molecule has 0 amide bonds. The van der Waals surface area contributed by atoms with Gasteiger partial charge in [0, 0.05) is 12.8 Å². The van der Waals surface area contributed by atoms with Gasteiger partial charge in [-0.1, -0.05) is 55.8 Å². The molecule has 0 aromatic heterocycles. The summed E-state index contributed by atoms with van der Waals surface area (Å²) < 4.78 is 27.2. The van der Waals surface area contributed by atoms with Gasteiger partial charge < -0.3 is 0 Å². The summed E-state index contributed by atoms with van der Waals surface area (Å²) in [7, 11) is 0. The summed E-state index contributed by atoms with van der Waals surface area (Å²) in [4.78, 5) is 0. The number of unbranched alkanes of at least 4 members (excludes halogenated alkanes) is 1. The smallest absolute Gasteiger partial charge is 0.207 e. The maximum atomic E-state index is 13.6. The van der Waals surface area contributed by atoms with Crippen molar-refractivity contribution in [1.29, 1.82) is 0 Å². The lowest BCUT2D eigenvalue weighted by molar-refractivity contribution is -0.0193. The summed E-state index contributed by atoms with van der Waals surface area (Å²) in [5.74, 6) is -2.54. The van der Waals surface area contributed by atoms with Crippen LogP contribution in [0, 0.1) is 6.92 Å². The lowest BCUT2D eigenvalue weighted by Gasteiger charge is -2.16. The third-order valence-corrected chi connectivity index (χ3v) is 3.66. The molecule has 107 valence electrons. The Balaban J connectivity index is 1.96. The van der Waals surface area contributed by atoms with Crippen LogP contribution < -0.4 is 0 Å². The van der Waals surface area contributed by atoms with E-state index in [9.17, 15) is 8.78 Å². The van der Waals surface area contributed by atoms with Gasteiger partial charge in [-0.2, -0.15) is 0 Å². The predicted molar refractivity (Wildman–Crippen MR) is 81.0 cm³/mol. The van der Waals surface area contributed by atoms with Gasteiger partial charge in [0.15, 0.2) is 0 Å². The van der Waals surface area contributed by atoms with E-state index >= 15 is 0 Å². The average Bonchev–Trinajstić information content (AvgIpc) is 2.45. The van der Waals surface area contributed by atoms with Gasteiger partial charge >= 0.3 is 0 Å². The van der Waals surface area contributed by atoms with Crippen molar-refractivity contribution in [3.63, 3.8) is 0 Å². The second-order valence-electron chi connectivity index (χ2n) is 5.30. The molecule has 0 heterocycles. The fourth-order valence-corrected chi connectivity index (χ4v) is 2.56. The molecule has 0 N–H and O–H groups in total. The maximum Gasteiger partial charge on any atom is 0.248 e. The number of hydrogen-bond acceptors (Lipinski definition) is 0. The zero-order chi connectivity index (χ0) is 14.4. The quantitative estimate of drug-likeness (QED) is 0.599. The Hall–Kier alpha value is -1.44. The highest BCUT2D eigenvalue weighted by Gasteiger charge is 2.26. The van der Waals surface area contributed by atoms with Gasteiger partial charge in [-0.05, 0) is 35.6 Å². The van der Waals surface area contributed by atoms with Gasteiger partial charge in [0.25, 0.3) is 0 Å². The predicted octanol–water partition coefficient (Wildman–Crippen LogP) is 5.80. The highest BCUT2D eigenvalue weighted by Crippen LogP contribution is 2.28. The Kier molecular flexibility index (Phi) is 5.11. The van der Waals surface area contributed by atoms with Crippen LogP contribution in [0.5, 0.6) is 0 Å². The molecule has 0 spiro atoms. The van der Waals surface area contributed by atoms with Gasteiger partial charge in [-0.25, -0.2) is 8.78 Å². The van der Waals surface area contributed by atoms with Crippen molar-refractivity contribution >= 4 is 10.8 Å². The fraction of sp³-hybridized carbons (Fsp3) is 0.389. The third kappa shape index (κ3) is 4.03. The van der Waals surface area contributed by atoms with Crippen molar-refractivity contribution in [2.45, 2.75) is 44.4 Å². The summed E-state index contributed by atoms with van der Waals surface area (Å²) in [5.41, 5.74) is 1.16. The first-order valence-electron chi connectivity index (χ1n) is 7.26. The molecule has 2 aromatic rings. The summed E-state index contributed by atoms with van der Waals surface area (Å²) >= 11 is 0. The lowest BCUT2D eigenvalue weighted by Crippen LogP contribution is -2.15. The second kappa shape index (κ2) is 6.83. The minimum absolute atomic E-state index is 0.0315. The molecule has 0 bridgehead atoms. The van der Waals surface area contributed by atoms with Crippen LogP contribution in [-0.4, -0.2) is 5.92 Å². The average molecular weight is 275 g/mol. The third-order valence-electron chi connectivity index (χ3n) is 3.66. The maximum absolute atomic E-state index is 13.6. The molecule has 0 fully saturated rings. The van der Waals surface area contributed by atoms with Crippen molar-refractivity contribution in [3.8, 4) is 0 Å². The topological polar surface area (TPSA) is 0 Å². The Bertz CT molecular complexity index is 541. The molecular formula is C18H21F2. The Morgan fingerprint density at radius 3 is 2.40 bits per heavy atom. The number of fused-ring (bicyclic) bond motifs is 1. The standard InChI is InChI=1S/C18H21F2/c1-2-3-13-18(19,20)14-7-11-16-10-6-9-15-8-4-5-12-17(15)16/h4-6,8-10,12H,1-3,7,11,13-14H2. The number of hydrogen-bond donors (Lipinski definition) is 0. The first-order chi connectivity index (χ1) is 9.62. The molecule has 20 heavy (non-hydrogen) atoms. The zero-order valence-corrected chi connectivity index (χ0v) is 11.7. The van der Waals surface area contributed by atoms with Crippen LogP contribution in [0.1, 0.15) is 37.7 Å². The van der Waals surface area contributed by atoms with E-state index < -0.39 is 5.92 Å². The van der Waals surface area contributed by atoms with Crippen LogP contribution in [0.2, 0.25) is 0 Å². The Labute approximate surface area is 119 Å². The van der Waals surface area contributed by atoms with E-state index in [1.54, 1.807) is 0 Å². The molecule has 0 atom stereocenters. The van der Waals surface area contributed by atoms with Gasteiger partial charge in [0.2, 0.25) is 5.92 Å². The van der Waals surface area contributed by atoms with E-state index in [4.69, 9.17) is 0 Å². The highest BCUT2D eigenvalue weighted by molar-refractivity contribution is 5.85. The lowest BCUT2D eigenvalue weighted by atomic mass is 9.98. The Morgan fingerprint density at radius 1 is 0.900 bits per heavy atom. The van der Waals surface area contributed by atoms with Crippen LogP contribution in [-0.2, 0) is 6.42 Å². The largest absolute Gasteiger partial charge is 0.248 e. The van der Waals surface area contributed by atoms with Crippen LogP contribution in [0.25, 0.3) is 10.8 Å². The number of alkyl halides is 2. The van der Waals surface area contributed by atoms with Crippen molar-refractivity contribution in [3.05, 3.63) is 55.0 Å². The first-order valence-corrected chi connectivity index (χ1v) is 7.26. The minimum atomic E-state index is -2.54. The van der Waals surface area contributed by atoms with Crippen LogP contribution in [0.15, 0.2) is 42.5 Å². The number of halogens is 2. The molecule has 0 saturated heterocycles. The van der Waals surface area contributed by atoms with Crippen LogP contribution in [0.4, 0.5) is 8.78 Å². The summed E-state index contributed by atoms with van der Waals surface area (Å²) in [6, 6.07) is 14.2. The van der Waals surface area contributed by atoms with Gasteiger partial charge in [0.05, 0.1) is 0 Å². The second-order valence-corrected chi connectivity index (χ2v) is 5.30. The molecule has 0 aliphatic rings. The molecule has 0 nitrogen and oxygen atoms in total. The molecule has 2 aromatic carbocycles. The molecule has 0 unspecified atom stereocenters. The van der Waals surface area contributed by atoms with Crippen molar-refractivity contribution < 1.29 is 8.78 Å². The molecule has 1 radical (unpaired) electrons. The zero-order valence-electron chi connectivity index (χ0n) is 11.7. The van der Waals surface area contributed by atoms with Crippen molar-refractivity contribution in [2.24, 2.45) is 0 Å². The van der Waals surface area contributed by atoms with Crippen molar-refractivity contribution in [2.75, 3.05) is 0 Å². The molecule has 2 rings (SSSR count). The van der Waals surface area contributed by atoms with E-state index in [1.165, 1.54) is 10.8 Å². The molecule has 2 heteroatoms. The van der Waals surface area contributed by atoms with E-state index in [0.717, 1.165) is 5.56 Å². The molecule has 0 aliphatic heterocycles. The molecule has 0 aliphatic carbocycles. The van der Waals surface area contributed by atoms with Gasteiger partial charge in [-0.15, -0.1) is 0 Å². The van der Waals surface area contributed by atoms with Gasteiger partial charge in [0.1, 0.15) is 0 Å². The summed E-state index contributed by atoms with van der Waals surface area (Å²) in [6.45, 7) is 3.62. The first kappa shape index (κ1) is 15.0. The minimum Gasteiger partial charge on any atom is -0.207 e. The molecule has 0 saturated carbocycles. The SMILES string of the molecule is [CH2]CCCC(F)(F)CCCc1cccc2ccccc12. The normalized spacial score (nSPS) is 11.9. The fourth-order valence-electron chi connectivity index (χ4n) is 2.56. The van der Waals surface area contributed by atoms with Crippen LogP contribution >= 0.6 is 0 Å². The highest BCUT2D eigenvalue weighted by atomic mass is 19.3. The number of rotatable bonds is 7. The summed E-state index contributed by atoms with van der Waals surface area (Å²) in [6.07, 6.45) is 2.25. The monoisotopic (exact) mass is 275 g/mol. The number of aryl methyl sites for hydroxylation is 1.